The standard InChI is InChI=1S/C25H29N3O2S/c1-17-10-11-23-20(13-17)14-21(24(29)27-23)15-28(16-22-9-6-12-30-22)25(31)26-18(2)19-7-4-3-5-8-19/h3-5,7-8,10-11,13-14,18,22H,6,9,12,15-16H2,1-2H3,(H,26,31)(H,27,29)/t18-,22-/m1/s1. The van der Waals surface area contributed by atoms with E-state index >= 15 is 0 Å². The fraction of sp³-hybridized carbons (Fsp3) is 0.360. The average molecular weight is 436 g/mol. The minimum Gasteiger partial charge on any atom is -0.376 e. The minimum absolute atomic E-state index is 0.0678. The first-order valence-electron chi connectivity index (χ1n) is 10.8. The number of hydrogen-bond acceptors (Lipinski definition) is 3. The summed E-state index contributed by atoms with van der Waals surface area (Å²) >= 11 is 5.79. The molecular formula is C25H29N3O2S. The fourth-order valence-corrected chi connectivity index (χ4v) is 4.37. The second-order valence-electron chi connectivity index (χ2n) is 8.31. The topological polar surface area (TPSA) is 57.4 Å². The fourth-order valence-electron chi connectivity index (χ4n) is 4.05. The number of rotatable bonds is 6. The third-order valence-corrected chi connectivity index (χ3v) is 6.19. The van der Waals surface area contributed by atoms with Crippen molar-refractivity contribution < 1.29 is 4.74 Å². The summed E-state index contributed by atoms with van der Waals surface area (Å²) in [5.74, 6) is 0. The molecule has 1 aromatic heterocycles. The van der Waals surface area contributed by atoms with Gasteiger partial charge in [-0.15, -0.1) is 0 Å². The number of pyridine rings is 1. The zero-order valence-electron chi connectivity index (χ0n) is 18.1. The number of benzene rings is 2. The normalized spacial score (nSPS) is 16.9. The van der Waals surface area contributed by atoms with E-state index in [4.69, 9.17) is 17.0 Å². The van der Waals surface area contributed by atoms with Crippen LogP contribution in [0.4, 0.5) is 0 Å². The van der Waals surface area contributed by atoms with Gasteiger partial charge >= 0.3 is 0 Å². The molecule has 2 heterocycles. The van der Waals surface area contributed by atoms with E-state index in [1.807, 2.05) is 36.4 Å². The second kappa shape index (κ2) is 9.62. The SMILES string of the molecule is Cc1ccc2[nH]c(=O)c(CN(C[C@H]3CCCO3)C(=S)N[C@H](C)c3ccccc3)cc2c1. The number of H-pyrrole nitrogens is 1. The predicted octanol–water partition coefficient (Wildman–Crippen LogP) is 4.45. The lowest BCUT2D eigenvalue weighted by Gasteiger charge is -2.30. The monoisotopic (exact) mass is 435 g/mol. The first-order chi connectivity index (χ1) is 15.0. The summed E-state index contributed by atoms with van der Waals surface area (Å²) in [6.45, 7) is 6.04. The Morgan fingerprint density at radius 3 is 2.81 bits per heavy atom. The number of thiocarbonyl (C=S) groups is 1. The van der Waals surface area contributed by atoms with E-state index in [1.165, 1.54) is 5.56 Å². The second-order valence-corrected chi connectivity index (χ2v) is 8.70. The van der Waals surface area contributed by atoms with Gasteiger partial charge in [-0.1, -0.05) is 42.0 Å². The number of aromatic amines is 1. The van der Waals surface area contributed by atoms with E-state index in [2.05, 4.69) is 47.2 Å². The summed E-state index contributed by atoms with van der Waals surface area (Å²) < 4.78 is 5.86. The van der Waals surface area contributed by atoms with Crippen molar-refractivity contribution in [2.75, 3.05) is 13.2 Å². The Hall–Kier alpha value is -2.70. The molecule has 2 aromatic carbocycles. The van der Waals surface area contributed by atoms with Crippen molar-refractivity contribution in [3.05, 3.63) is 81.6 Å². The van der Waals surface area contributed by atoms with Gasteiger partial charge in [-0.05, 0) is 68.1 Å². The van der Waals surface area contributed by atoms with Crippen molar-refractivity contribution in [3.8, 4) is 0 Å². The van der Waals surface area contributed by atoms with E-state index in [-0.39, 0.29) is 17.7 Å². The predicted molar refractivity (Wildman–Crippen MR) is 129 cm³/mol. The van der Waals surface area contributed by atoms with Crippen molar-refractivity contribution in [3.63, 3.8) is 0 Å². The van der Waals surface area contributed by atoms with Gasteiger partial charge in [0.05, 0.1) is 18.7 Å². The molecule has 2 atom stereocenters. The lowest BCUT2D eigenvalue weighted by molar-refractivity contribution is 0.0895. The molecule has 0 unspecified atom stereocenters. The lowest BCUT2D eigenvalue weighted by atomic mass is 10.1. The highest BCUT2D eigenvalue weighted by molar-refractivity contribution is 7.80. The number of ether oxygens (including phenoxy) is 1. The molecule has 6 heteroatoms. The maximum Gasteiger partial charge on any atom is 0.253 e. The largest absolute Gasteiger partial charge is 0.376 e. The van der Waals surface area contributed by atoms with Crippen LogP contribution in [0.15, 0.2) is 59.4 Å². The Labute approximate surface area is 188 Å². The molecule has 0 saturated carbocycles. The number of aromatic nitrogens is 1. The molecule has 0 radical (unpaired) electrons. The first kappa shape index (κ1) is 21.5. The van der Waals surface area contributed by atoms with Gasteiger partial charge in [-0.3, -0.25) is 4.79 Å². The quantitative estimate of drug-likeness (QED) is 0.560. The summed E-state index contributed by atoms with van der Waals surface area (Å²) in [6, 6.07) is 18.3. The van der Waals surface area contributed by atoms with Crippen LogP contribution < -0.4 is 10.9 Å². The maximum atomic E-state index is 12.8. The summed E-state index contributed by atoms with van der Waals surface area (Å²) in [6.07, 6.45) is 2.21. The highest BCUT2D eigenvalue weighted by Crippen LogP contribution is 2.18. The minimum atomic E-state index is -0.0763. The Balaban J connectivity index is 1.57. The highest BCUT2D eigenvalue weighted by atomic mass is 32.1. The molecule has 31 heavy (non-hydrogen) atoms. The van der Waals surface area contributed by atoms with Crippen LogP contribution >= 0.6 is 12.2 Å². The Bertz CT molecular complexity index is 1110. The molecule has 0 spiro atoms. The smallest absolute Gasteiger partial charge is 0.253 e. The highest BCUT2D eigenvalue weighted by Gasteiger charge is 2.23. The molecule has 1 saturated heterocycles. The molecule has 3 aromatic rings. The molecule has 4 rings (SSSR count). The Morgan fingerprint density at radius 2 is 2.06 bits per heavy atom. The Morgan fingerprint density at radius 1 is 1.26 bits per heavy atom. The van der Waals surface area contributed by atoms with Gasteiger partial charge in [0.25, 0.3) is 5.56 Å². The molecule has 1 aliphatic heterocycles. The van der Waals surface area contributed by atoms with Crippen LogP contribution in [0.25, 0.3) is 10.9 Å². The third kappa shape index (κ3) is 5.32. The zero-order valence-corrected chi connectivity index (χ0v) is 18.9. The van der Waals surface area contributed by atoms with Crippen LogP contribution in [-0.2, 0) is 11.3 Å². The van der Waals surface area contributed by atoms with Crippen molar-refractivity contribution >= 4 is 28.2 Å². The summed E-state index contributed by atoms with van der Waals surface area (Å²) in [5, 5.41) is 5.11. The van der Waals surface area contributed by atoms with E-state index in [1.54, 1.807) is 0 Å². The number of nitrogens with zero attached hydrogens (tertiary/aromatic N) is 1. The van der Waals surface area contributed by atoms with Crippen molar-refractivity contribution in [2.45, 2.75) is 45.4 Å². The van der Waals surface area contributed by atoms with Gasteiger partial charge in [0.2, 0.25) is 0 Å². The van der Waals surface area contributed by atoms with E-state index in [0.29, 0.717) is 23.8 Å². The van der Waals surface area contributed by atoms with E-state index in [0.717, 1.165) is 35.9 Å². The number of fused-ring (bicyclic) bond motifs is 1. The number of aryl methyl sites for hydroxylation is 1. The van der Waals surface area contributed by atoms with Gasteiger partial charge in [0.1, 0.15) is 0 Å². The average Bonchev–Trinajstić information content (AvgIpc) is 3.27. The zero-order chi connectivity index (χ0) is 21.8. The summed E-state index contributed by atoms with van der Waals surface area (Å²) in [5.41, 5.74) is 3.81. The van der Waals surface area contributed by atoms with E-state index < -0.39 is 0 Å². The van der Waals surface area contributed by atoms with Crippen LogP contribution in [0.2, 0.25) is 0 Å². The Kier molecular flexibility index (Phi) is 6.68. The van der Waals surface area contributed by atoms with Gasteiger partial charge in [0, 0.05) is 24.2 Å². The molecule has 1 fully saturated rings. The maximum absolute atomic E-state index is 12.8. The van der Waals surface area contributed by atoms with Crippen LogP contribution in [0.3, 0.4) is 0 Å². The molecular weight excluding hydrogens is 406 g/mol. The third-order valence-electron chi connectivity index (χ3n) is 5.81. The summed E-state index contributed by atoms with van der Waals surface area (Å²) in [7, 11) is 0. The molecule has 5 nitrogen and oxygen atoms in total. The van der Waals surface area contributed by atoms with E-state index in [9.17, 15) is 4.79 Å². The van der Waals surface area contributed by atoms with Crippen molar-refractivity contribution in [1.82, 2.24) is 15.2 Å². The molecule has 0 aliphatic carbocycles. The molecule has 1 aliphatic rings. The van der Waals surface area contributed by atoms with Crippen molar-refractivity contribution in [1.29, 1.82) is 0 Å². The first-order valence-corrected chi connectivity index (χ1v) is 11.2. The van der Waals surface area contributed by atoms with Crippen LogP contribution in [0.1, 0.15) is 42.5 Å². The number of hydrogen-bond donors (Lipinski definition) is 2. The molecule has 0 bridgehead atoms. The van der Waals surface area contributed by atoms with Crippen molar-refractivity contribution in [2.24, 2.45) is 0 Å². The summed E-state index contributed by atoms with van der Waals surface area (Å²) in [4.78, 5) is 17.9. The lowest BCUT2D eigenvalue weighted by Crippen LogP contribution is -2.44. The molecule has 2 N–H and O–H groups in total. The van der Waals surface area contributed by atoms with Gasteiger partial charge in [-0.25, -0.2) is 0 Å². The van der Waals surface area contributed by atoms with Gasteiger partial charge in [0.15, 0.2) is 5.11 Å². The van der Waals surface area contributed by atoms with Gasteiger partial charge in [-0.2, -0.15) is 0 Å². The molecule has 0 amide bonds. The van der Waals surface area contributed by atoms with Gasteiger partial charge < -0.3 is 19.9 Å². The van der Waals surface area contributed by atoms with Crippen LogP contribution in [0, 0.1) is 6.92 Å². The molecule has 162 valence electrons. The van der Waals surface area contributed by atoms with Crippen LogP contribution in [-0.4, -0.2) is 34.3 Å². The number of nitrogens with one attached hydrogen (secondary N) is 2. The van der Waals surface area contributed by atoms with Crippen LogP contribution in [0.5, 0.6) is 0 Å².